The molecule has 1 saturated carbocycles. The lowest BCUT2D eigenvalue weighted by molar-refractivity contribution is 0.571. The van der Waals surface area contributed by atoms with E-state index in [9.17, 15) is 0 Å². The van der Waals surface area contributed by atoms with Gasteiger partial charge in [-0.05, 0) is 25.8 Å². The van der Waals surface area contributed by atoms with E-state index in [-0.39, 0.29) is 0 Å². The number of hydrogen-bond donors (Lipinski definition) is 2. The third kappa shape index (κ3) is 7.03. The van der Waals surface area contributed by atoms with Gasteiger partial charge in [-0.1, -0.05) is 26.2 Å². The molecule has 0 spiro atoms. The van der Waals surface area contributed by atoms with E-state index >= 15 is 0 Å². The van der Waals surface area contributed by atoms with Crippen LogP contribution in [0.5, 0.6) is 0 Å². The molecule has 1 aliphatic carbocycles. The molecule has 0 radical (unpaired) electrons. The molecule has 1 fully saturated rings. The third-order valence-corrected chi connectivity index (χ3v) is 2.52. The molecule has 1 aliphatic rings. The first-order valence-corrected chi connectivity index (χ1v) is 5.87. The van der Waals surface area contributed by atoms with Crippen LogP contribution in [0.4, 0.5) is 0 Å². The van der Waals surface area contributed by atoms with Crippen molar-refractivity contribution in [2.75, 3.05) is 19.6 Å². The van der Waals surface area contributed by atoms with E-state index in [4.69, 9.17) is 0 Å². The summed E-state index contributed by atoms with van der Waals surface area (Å²) in [7, 11) is 0. The highest BCUT2D eigenvalue weighted by molar-refractivity contribution is 4.80. The second-order valence-corrected chi connectivity index (χ2v) is 4.04. The van der Waals surface area contributed by atoms with Crippen LogP contribution in [0.2, 0.25) is 0 Å². The Morgan fingerprint density at radius 3 is 2.54 bits per heavy atom. The first-order chi connectivity index (χ1) is 6.43. The van der Waals surface area contributed by atoms with Gasteiger partial charge >= 0.3 is 0 Å². The average molecular weight is 184 g/mol. The Morgan fingerprint density at radius 1 is 1.00 bits per heavy atom. The standard InChI is InChI=1S/C11H24N2/c1-2-3-4-5-8-12-9-10-13-11-6-7-11/h11-13H,2-10H2,1H3. The predicted octanol–water partition coefficient (Wildman–Crippen LogP) is 1.91. The second-order valence-electron chi connectivity index (χ2n) is 4.04. The maximum atomic E-state index is 3.50. The van der Waals surface area contributed by atoms with Crippen LogP contribution in [0.3, 0.4) is 0 Å². The van der Waals surface area contributed by atoms with Crippen LogP contribution in [-0.2, 0) is 0 Å². The minimum Gasteiger partial charge on any atom is -0.315 e. The highest BCUT2D eigenvalue weighted by atomic mass is 15.0. The zero-order chi connectivity index (χ0) is 9.36. The Morgan fingerprint density at radius 2 is 1.85 bits per heavy atom. The molecule has 0 bridgehead atoms. The van der Waals surface area contributed by atoms with E-state index in [1.54, 1.807) is 0 Å². The lowest BCUT2D eigenvalue weighted by Gasteiger charge is -2.04. The van der Waals surface area contributed by atoms with Gasteiger partial charge in [0.2, 0.25) is 0 Å². The van der Waals surface area contributed by atoms with Crippen LogP contribution in [0.15, 0.2) is 0 Å². The van der Waals surface area contributed by atoms with Crippen molar-refractivity contribution in [3.05, 3.63) is 0 Å². The molecule has 2 heteroatoms. The quantitative estimate of drug-likeness (QED) is 0.535. The topological polar surface area (TPSA) is 24.1 Å². The zero-order valence-corrected chi connectivity index (χ0v) is 8.94. The molecule has 0 aromatic heterocycles. The highest BCUT2D eigenvalue weighted by Crippen LogP contribution is 2.17. The lowest BCUT2D eigenvalue weighted by Crippen LogP contribution is -2.29. The fourth-order valence-electron chi connectivity index (χ4n) is 1.45. The van der Waals surface area contributed by atoms with Gasteiger partial charge in [0, 0.05) is 19.1 Å². The summed E-state index contributed by atoms with van der Waals surface area (Å²) in [6.07, 6.45) is 8.26. The molecular formula is C11H24N2. The largest absolute Gasteiger partial charge is 0.315 e. The SMILES string of the molecule is CCCCCCNCCNC1CC1. The summed E-state index contributed by atoms with van der Waals surface area (Å²) >= 11 is 0. The second kappa shape index (κ2) is 7.34. The molecular weight excluding hydrogens is 160 g/mol. The van der Waals surface area contributed by atoms with Gasteiger partial charge in [-0.3, -0.25) is 0 Å². The Labute approximate surface area is 82.5 Å². The van der Waals surface area contributed by atoms with E-state index in [0.717, 1.165) is 19.1 Å². The maximum absolute atomic E-state index is 3.50. The lowest BCUT2D eigenvalue weighted by atomic mass is 10.2. The van der Waals surface area contributed by atoms with Crippen LogP contribution < -0.4 is 10.6 Å². The number of nitrogens with one attached hydrogen (secondary N) is 2. The monoisotopic (exact) mass is 184 g/mol. The Hall–Kier alpha value is -0.0800. The highest BCUT2D eigenvalue weighted by Gasteiger charge is 2.19. The van der Waals surface area contributed by atoms with E-state index in [1.165, 1.54) is 45.1 Å². The van der Waals surface area contributed by atoms with E-state index < -0.39 is 0 Å². The van der Waals surface area contributed by atoms with Crippen molar-refractivity contribution in [2.24, 2.45) is 0 Å². The Balaban J connectivity index is 1.63. The van der Waals surface area contributed by atoms with Crippen molar-refractivity contribution in [1.82, 2.24) is 10.6 Å². The first kappa shape index (κ1) is 11.0. The molecule has 2 nitrogen and oxygen atoms in total. The number of rotatable bonds is 9. The van der Waals surface area contributed by atoms with Gasteiger partial charge in [0.15, 0.2) is 0 Å². The number of unbranched alkanes of at least 4 members (excludes halogenated alkanes) is 3. The molecule has 0 amide bonds. The van der Waals surface area contributed by atoms with E-state index in [1.807, 2.05) is 0 Å². The molecule has 0 unspecified atom stereocenters. The van der Waals surface area contributed by atoms with Gasteiger partial charge in [-0.2, -0.15) is 0 Å². The van der Waals surface area contributed by atoms with Gasteiger partial charge in [-0.15, -0.1) is 0 Å². The summed E-state index contributed by atoms with van der Waals surface area (Å²) < 4.78 is 0. The van der Waals surface area contributed by atoms with Crippen LogP contribution in [0.1, 0.15) is 45.4 Å². The van der Waals surface area contributed by atoms with Gasteiger partial charge in [-0.25, -0.2) is 0 Å². The Bertz CT molecular complexity index is 111. The van der Waals surface area contributed by atoms with Gasteiger partial charge in [0.25, 0.3) is 0 Å². The summed E-state index contributed by atoms with van der Waals surface area (Å²) in [5, 5.41) is 6.96. The molecule has 1 rings (SSSR count). The zero-order valence-electron chi connectivity index (χ0n) is 8.94. The molecule has 0 aromatic carbocycles. The number of hydrogen-bond acceptors (Lipinski definition) is 2. The molecule has 0 aliphatic heterocycles. The smallest absolute Gasteiger partial charge is 0.00793 e. The third-order valence-electron chi connectivity index (χ3n) is 2.52. The summed E-state index contributed by atoms with van der Waals surface area (Å²) in [4.78, 5) is 0. The summed E-state index contributed by atoms with van der Waals surface area (Å²) in [5.74, 6) is 0. The average Bonchev–Trinajstić information content (AvgIpc) is 2.93. The van der Waals surface area contributed by atoms with Crippen molar-refractivity contribution in [2.45, 2.75) is 51.5 Å². The Kier molecular flexibility index (Phi) is 6.21. The van der Waals surface area contributed by atoms with Crippen molar-refractivity contribution in [3.63, 3.8) is 0 Å². The van der Waals surface area contributed by atoms with Crippen molar-refractivity contribution in [1.29, 1.82) is 0 Å². The minimum absolute atomic E-state index is 0.863. The van der Waals surface area contributed by atoms with Crippen LogP contribution >= 0.6 is 0 Å². The maximum Gasteiger partial charge on any atom is 0.00793 e. The van der Waals surface area contributed by atoms with Crippen LogP contribution in [0, 0.1) is 0 Å². The molecule has 0 aromatic rings. The van der Waals surface area contributed by atoms with Gasteiger partial charge < -0.3 is 10.6 Å². The van der Waals surface area contributed by atoms with Crippen molar-refractivity contribution in [3.8, 4) is 0 Å². The summed E-state index contributed by atoms with van der Waals surface area (Å²) in [6, 6.07) is 0.863. The molecule has 0 saturated heterocycles. The van der Waals surface area contributed by atoms with E-state index in [0.29, 0.717) is 0 Å². The normalized spacial score (nSPS) is 16.4. The van der Waals surface area contributed by atoms with Crippen LogP contribution in [-0.4, -0.2) is 25.7 Å². The van der Waals surface area contributed by atoms with Gasteiger partial charge in [0.1, 0.15) is 0 Å². The minimum atomic E-state index is 0.863. The van der Waals surface area contributed by atoms with Crippen LogP contribution in [0.25, 0.3) is 0 Å². The summed E-state index contributed by atoms with van der Waals surface area (Å²) in [5.41, 5.74) is 0. The molecule has 78 valence electrons. The molecule has 0 heterocycles. The predicted molar refractivity (Wildman–Crippen MR) is 58.0 cm³/mol. The molecule has 2 N–H and O–H groups in total. The molecule has 13 heavy (non-hydrogen) atoms. The van der Waals surface area contributed by atoms with Gasteiger partial charge in [0.05, 0.1) is 0 Å². The van der Waals surface area contributed by atoms with Crippen molar-refractivity contribution < 1.29 is 0 Å². The van der Waals surface area contributed by atoms with Crippen molar-refractivity contribution >= 4 is 0 Å². The summed E-state index contributed by atoms with van der Waals surface area (Å²) in [6.45, 7) is 5.75. The fraction of sp³-hybridized carbons (Fsp3) is 1.00. The van der Waals surface area contributed by atoms with E-state index in [2.05, 4.69) is 17.6 Å². The molecule has 0 atom stereocenters. The first-order valence-electron chi connectivity index (χ1n) is 5.87. The fourth-order valence-corrected chi connectivity index (χ4v) is 1.45.